The maximum absolute atomic E-state index is 12.6. The standard InChI is InChI=1S/C12H20N2O5S2/c1-2-3-10-14(9(8-20-10)11(15)16)12(17)13-4-6-21(18,19)7-5-13/h9-10H,2-8H2,1H3,(H,15,16). The van der Waals surface area contributed by atoms with E-state index in [2.05, 4.69) is 0 Å². The molecule has 2 unspecified atom stereocenters. The van der Waals surface area contributed by atoms with E-state index < -0.39 is 21.8 Å². The third-order valence-corrected chi connectivity index (χ3v) is 6.71. The average Bonchev–Trinajstić information content (AvgIpc) is 2.82. The molecule has 2 aliphatic heterocycles. The Kier molecular flexibility index (Phi) is 5.03. The summed E-state index contributed by atoms with van der Waals surface area (Å²) in [6.45, 7) is 2.28. The first-order valence-corrected chi connectivity index (χ1v) is 9.85. The maximum atomic E-state index is 12.6. The summed E-state index contributed by atoms with van der Waals surface area (Å²) in [7, 11) is -3.06. The molecule has 0 aliphatic carbocycles. The van der Waals surface area contributed by atoms with Crippen LogP contribution in [-0.4, -0.2) is 77.1 Å². The van der Waals surface area contributed by atoms with Gasteiger partial charge in [-0.05, 0) is 6.42 Å². The molecule has 21 heavy (non-hydrogen) atoms. The van der Waals surface area contributed by atoms with Crippen LogP contribution >= 0.6 is 11.8 Å². The lowest BCUT2D eigenvalue weighted by molar-refractivity contribution is -0.141. The number of hydrogen-bond donors (Lipinski definition) is 1. The van der Waals surface area contributed by atoms with Crippen molar-refractivity contribution in [2.75, 3.05) is 30.3 Å². The van der Waals surface area contributed by atoms with Crippen molar-refractivity contribution >= 4 is 33.6 Å². The zero-order chi connectivity index (χ0) is 15.6. The fourth-order valence-corrected chi connectivity index (χ4v) is 5.26. The summed E-state index contributed by atoms with van der Waals surface area (Å²) in [5.74, 6) is -0.706. The maximum Gasteiger partial charge on any atom is 0.327 e. The number of thioether (sulfide) groups is 1. The summed E-state index contributed by atoms with van der Waals surface area (Å²) >= 11 is 1.48. The van der Waals surface area contributed by atoms with Crippen LogP contribution in [0.3, 0.4) is 0 Å². The van der Waals surface area contributed by atoms with Crippen molar-refractivity contribution in [3.8, 4) is 0 Å². The van der Waals surface area contributed by atoms with Crippen molar-refractivity contribution in [3.63, 3.8) is 0 Å². The van der Waals surface area contributed by atoms with Gasteiger partial charge in [-0.3, -0.25) is 4.90 Å². The smallest absolute Gasteiger partial charge is 0.327 e. The Balaban J connectivity index is 2.12. The van der Waals surface area contributed by atoms with Crippen LogP contribution in [0.25, 0.3) is 0 Å². The van der Waals surface area contributed by atoms with Gasteiger partial charge in [0.15, 0.2) is 9.84 Å². The summed E-state index contributed by atoms with van der Waals surface area (Å²) in [6.07, 6.45) is 1.61. The molecule has 0 radical (unpaired) electrons. The van der Waals surface area contributed by atoms with E-state index >= 15 is 0 Å². The lowest BCUT2D eigenvalue weighted by atomic mass is 10.2. The van der Waals surface area contributed by atoms with E-state index in [4.69, 9.17) is 0 Å². The summed E-state index contributed by atoms with van der Waals surface area (Å²) < 4.78 is 22.9. The molecule has 0 bridgehead atoms. The number of hydrogen-bond acceptors (Lipinski definition) is 5. The van der Waals surface area contributed by atoms with Gasteiger partial charge >= 0.3 is 12.0 Å². The fraction of sp³-hybridized carbons (Fsp3) is 0.833. The monoisotopic (exact) mass is 336 g/mol. The first kappa shape index (κ1) is 16.4. The molecule has 2 heterocycles. The van der Waals surface area contributed by atoms with Crippen molar-refractivity contribution in [1.29, 1.82) is 0 Å². The van der Waals surface area contributed by atoms with Crippen LogP contribution in [0.2, 0.25) is 0 Å². The summed E-state index contributed by atoms with van der Waals surface area (Å²) in [6, 6.07) is -1.17. The number of carboxylic acid groups (broad SMARTS) is 1. The molecular formula is C12H20N2O5S2. The van der Waals surface area contributed by atoms with Crippen LogP contribution in [0.5, 0.6) is 0 Å². The average molecular weight is 336 g/mol. The first-order chi connectivity index (χ1) is 9.85. The highest BCUT2D eigenvalue weighted by Crippen LogP contribution is 2.33. The quantitative estimate of drug-likeness (QED) is 0.805. The number of carbonyl (C=O) groups excluding carboxylic acids is 1. The van der Waals surface area contributed by atoms with Crippen molar-refractivity contribution < 1.29 is 23.1 Å². The second-order valence-electron chi connectivity index (χ2n) is 5.26. The van der Waals surface area contributed by atoms with Gasteiger partial charge in [-0.15, -0.1) is 11.8 Å². The van der Waals surface area contributed by atoms with E-state index in [0.29, 0.717) is 5.75 Å². The summed E-state index contributed by atoms with van der Waals surface area (Å²) in [5.41, 5.74) is 0. The van der Waals surface area contributed by atoms with Crippen molar-refractivity contribution in [2.24, 2.45) is 0 Å². The highest BCUT2D eigenvalue weighted by molar-refractivity contribution is 8.00. The molecule has 2 amide bonds. The second-order valence-corrected chi connectivity index (χ2v) is 8.77. The fourth-order valence-electron chi connectivity index (χ4n) is 2.55. The molecule has 2 fully saturated rings. The molecule has 9 heteroatoms. The first-order valence-electron chi connectivity index (χ1n) is 6.98. The van der Waals surface area contributed by atoms with Gasteiger partial charge in [0.2, 0.25) is 0 Å². The number of rotatable bonds is 3. The van der Waals surface area contributed by atoms with Gasteiger partial charge in [0, 0.05) is 18.8 Å². The predicted octanol–water partition coefficient (Wildman–Crippen LogP) is 0.465. The Hall–Kier alpha value is -0.960. The number of carbonyl (C=O) groups is 2. The topological polar surface area (TPSA) is 95.0 Å². The van der Waals surface area contributed by atoms with Crippen molar-refractivity contribution in [3.05, 3.63) is 0 Å². The molecule has 2 rings (SSSR count). The van der Waals surface area contributed by atoms with E-state index in [9.17, 15) is 23.1 Å². The zero-order valence-electron chi connectivity index (χ0n) is 11.9. The molecule has 0 saturated carbocycles. The number of carboxylic acids is 1. The summed E-state index contributed by atoms with van der Waals surface area (Å²) in [4.78, 5) is 26.8. The van der Waals surface area contributed by atoms with Gasteiger partial charge in [0.05, 0.1) is 16.9 Å². The third-order valence-electron chi connectivity index (χ3n) is 3.75. The highest BCUT2D eigenvalue weighted by Gasteiger charge is 2.43. The molecule has 2 saturated heterocycles. The number of amides is 2. The van der Waals surface area contributed by atoms with Crippen LogP contribution in [0.15, 0.2) is 0 Å². The number of sulfone groups is 1. The van der Waals surface area contributed by atoms with E-state index in [1.807, 2.05) is 6.92 Å². The molecule has 0 aromatic carbocycles. The normalized spacial score (nSPS) is 28.6. The summed E-state index contributed by atoms with van der Waals surface area (Å²) in [5, 5.41) is 9.14. The van der Waals surface area contributed by atoms with Gasteiger partial charge in [0.25, 0.3) is 0 Å². The zero-order valence-corrected chi connectivity index (χ0v) is 13.5. The largest absolute Gasteiger partial charge is 0.480 e. The molecule has 0 aromatic rings. The molecule has 2 aliphatic rings. The Labute approximate surface area is 128 Å². The molecule has 0 spiro atoms. The Bertz CT molecular complexity index is 508. The molecule has 120 valence electrons. The lowest BCUT2D eigenvalue weighted by Gasteiger charge is -2.35. The SMILES string of the molecule is CCCC1SCC(C(=O)O)N1C(=O)N1CCS(=O)(=O)CC1. The third kappa shape index (κ3) is 3.63. The number of aliphatic carboxylic acids is 1. The molecule has 7 nitrogen and oxygen atoms in total. The van der Waals surface area contributed by atoms with Gasteiger partial charge in [-0.25, -0.2) is 18.0 Å². The van der Waals surface area contributed by atoms with Crippen LogP contribution in [0.1, 0.15) is 19.8 Å². The van der Waals surface area contributed by atoms with E-state index in [0.717, 1.165) is 12.8 Å². The molecule has 1 N–H and O–H groups in total. The van der Waals surface area contributed by atoms with E-state index in [-0.39, 0.29) is 36.0 Å². The molecule has 2 atom stereocenters. The predicted molar refractivity (Wildman–Crippen MR) is 80.0 cm³/mol. The van der Waals surface area contributed by atoms with E-state index in [1.165, 1.54) is 21.6 Å². The minimum atomic E-state index is -3.06. The lowest BCUT2D eigenvalue weighted by Crippen LogP contribution is -2.55. The Morgan fingerprint density at radius 2 is 1.90 bits per heavy atom. The number of urea groups is 1. The Morgan fingerprint density at radius 1 is 1.29 bits per heavy atom. The van der Waals surface area contributed by atoms with Gasteiger partial charge in [-0.1, -0.05) is 13.3 Å². The van der Waals surface area contributed by atoms with Gasteiger partial charge in [0.1, 0.15) is 6.04 Å². The van der Waals surface area contributed by atoms with Crippen molar-refractivity contribution in [2.45, 2.75) is 31.2 Å². The van der Waals surface area contributed by atoms with Gasteiger partial charge < -0.3 is 10.0 Å². The van der Waals surface area contributed by atoms with Crippen LogP contribution in [0, 0.1) is 0 Å². The van der Waals surface area contributed by atoms with Crippen molar-refractivity contribution in [1.82, 2.24) is 9.80 Å². The minimum absolute atomic E-state index is 0.0457. The number of nitrogens with zero attached hydrogens (tertiary/aromatic N) is 2. The highest BCUT2D eigenvalue weighted by atomic mass is 32.2. The van der Waals surface area contributed by atoms with Crippen LogP contribution < -0.4 is 0 Å². The second kappa shape index (κ2) is 6.43. The molecule has 0 aromatic heterocycles. The molecular weight excluding hydrogens is 316 g/mol. The minimum Gasteiger partial charge on any atom is -0.480 e. The van der Waals surface area contributed by atoms with Crippen LogP contribution in [0.4, 0.5) is 4.79 Å². The Morgan fingerprint density at radius 3 is 2.43 bits per heavy atom. The van der Waals surface area contributed by atoms with Gasteiger partial charge in [-0.2, -0.15) is 0 Å². The van der Waals surface area contributed by atoms with Crippen LogP contribution in [-0.2, 0) is 14.6 Å². The van der Waals surface area contributed by atoms with E-state index in [1.54, 1.807) is 0 Å².